The summed E-state index contributed by atoms with van der Waals surface area (Å²) in [7, 11) is 1.61. The number of ether oxygens (including phenoxy) is 2. The van der Waals surface area contributed by atoms with Crippen LogP contribution in [-0.4, -0.2) is 41.8 Å². The highest BCUT2D eigenvalue weighted by Gasteiger charge is 2.41. The number of hydrogen-bond donors (Lipinski definition) is 1. The number of carbonyl (C=O) groups excluding carboxylic acids is 1. The van der Waals surface area contributed by atoms with Crippen LogP contribution in [0.2, 0.25) is 0 Å². The Morgan fingerprint density at radius 3 is 2.34 bits per heavy atom. The van der Waals surface area contributed by atoms with Crippen molar-refractivity contribution in [2.45, 2.75) is 97.1 Å². The maximum absolute atomic E-state index is 13.4. The van der Waals surface area contributed by atoms with Gasteiger partial charge >= 0.3 is 18.2 Å². The lowest BCUT2D eigenvalue weighted by molar-refractivity contribution is -0.139. The van der Waals surface area contributed by atoms with E-state index in [0.29, 0.717) is 6.42 Å². The second kappa shape index (κ2) is 13.6. The standard InChI is InChI=1S/C34H43F4NO5/c1-21(20-39-22(2)30(44-31(39)42)25-13-23(19-35)14-27(16-25)34(36,37)38)17-32(3,4)12-8-9-24-15-26(10-11-28(24)43-7)33(5,6)18-29(40)41/h10-11,13-16,22,30H,1,8-9,12,17-20H2,2-7H3,(H,40,41)/t22-,30-/m0/s1. The number of cyclic esters (lactones) is 1. The van der Waals surface area contributed by atoms with Crippen molar-refractivity contribution < 1.29 is 41.7 Å². The third-order valence-electron chi connectivity index (χ3n) is 8.29. The molecule has 0 unspecified atom stereocenters. The normalized spacial score (nSPS) is 17.5. The number of halogens is 4. The van der Waals surface area contributed by atoms with Gasteiger partial charge in [0.2, 0.25) is 0 Å². The fourth-order valence-corrected chi connectivity index (χ4v) is 5.98. The summed E-state index contributed by atoms with van der Waals surface area (Å²) in [6.07, 6.45) is -3.28. The molecule has 1 saturated heterocycles. The zero-order valence-electron chi connectivity index (χ0n) is 26.3. The van der Waals surface area contributed by atoms with Crippen LogP contribution in [0.15, 0.2) is 48.6 Å². The summed E-state index contributed by atoms with van der Waals surface area (Å²) in [5.41, 5.74) is 0.999. The molecule has 1 aliphatic heterocycles. The van der Waals surface area contributed by atoms with E-state index in [9.17, 15) is 32.3 Å². The first-order valence-electron chi connectivity index (χ1n) is 14.7. The third kappa shape index (κ3) is 8.76. The number of rotatable bonds is 14. The Hall–Kier alpha value is -3.56. The van der Waals surface area contributed by atoms with Crippen LogP contribution in [-0.2, 0) is 34.2 Å². The first-order valence-corrected chi connectivity index (χ1v) is 14.7. The Morgan fingerprint density at radius 1 is 1.07 bits per heavy atom. The van der Waals surface area contributed by atoms with Crippen LogP contribution < -0.4 is 4.74 Å². The van der Waals surface area contributed by atoms with E-state index in [1.54, 1.807) is 14.0 Å². The lowest BCUT2D eigenvalue weighted by Crippen LogP contribution is -2.34. The van der Waals surface area contributed by atoms with Gasteiger partial charge in [-0.15, -0.1) is 0 Å². The molecule has 242 valence electrons. The van der Waals surface area contributed by atoms with Crippen LogP contribution >= 0.6 is 0 Å². The molecule has 0 bridgehead atoms. The highest BCUT2D eigenvalue weighted by atomic mass is 19.4. The van der Waals surface area contributed by atoms with E-state index in [4.69, 9.17) is 9.47 Å². The molecule has 44 heavy (non-hydrogen) atoms. The predicted molar refractivity (Wildman–Crippen MR) is 160 cm³/mol. The smallest absolute Gasteiger partial charge is 0.416 e. The first-order chi connectivity index (χ1) is 20.4. The first kappa shape index (κ1) is 34.9. The van der Waals surface area contributed by atoms with Gasteiger partial charge in [-0.3, -0.25) is 9.69 Å². The molecular formula is C34H43F4NO5. The number of aryl methyl sites for hydroxylation is 1. The van der Waals surface area contributed by atoms with Crippen molar-refractivity contribution in [3.05, 3.63) is 76.4 Å². The van der Waals surface area contributed by atoms with Gasteiger partial charge in [0.15, 0.2) is 0 Å². The molecule has 1 N–H and O–H groups in total. The van der Waals surface area contributed by atoms with Crippen LogP contribution in [0.5, 0.6) is 5.75 Å². The fourth-order valence-electron chi connectivity index (χ4n) is 5.98. The number of methoxy groups -OCH3 is 1. The number of hydrogen-bond acceptors (Lipinski definition) is 4. The molecular weight excluding hydrogens is 578 g/mol. The van der Waals surface area contributed by atoms with Crippen LogP contribution in [0.1, 0.15) is 94.2 Å². The highest BCUT2D eigenvalue weighted by Crippen LogP contribution is 2.39. The fraction of sp³-hybridized carbons (Fsp3) is 0.529. The van der Waals surface area contributed by atoms with Gasteiger partial charge in [0, 0.05) is 12.0 Å². The molecule has 6 nitrogen and oxygen atoms in total. The number of carboxylic acid groups (broad SMARTS) is 1. The molecule has 0 aromatic heterocycles. The minimum Gasteiger partial charge on any atom is -0.496 e. The van der Waals surface area contributed by atoms with E-state index in [0.717, 1.165) is 53.8 Å². The third-order valence-corrected chi connectivity index (χ3v) is 8.29. The van der Waals surface area contributed by atoms with E-state index >= 15 is 0 Å². The van der Waals surface area contributed by atoms with E-state index < -0.39 is 48.0 Å². The largest absolute Gasteiger partial charge is 0.496 e. The molecule has 2 atom stereocenters. The van der Waals surface area contributed by atoms with Crippen LogP contribution in [0.25, 0.3) is 0 Å². The second-order valence-electron chi connectivity index (χ2n) is 13.2. The van der Waals surface area contributed by atoms with Gasteiger partial charge < -0.3 is 14.6 Å². The van der Waals surface area contributed by atoms with E-state index in [-0.39, 0.29) is 29.5 Å². The number of carbonyl (C=O) groups is 2. The van der Waals surface area contributed by atoms with E-state index in [1.807, 2.05) is 32.0 Å². The molecule has 0 spiro atoms. The summed E-state index contributed by atoms with van der Waals surface area (Å²) in [5.74, 6) is -0.111. The molecule has 3 rings (SSSR count). The monoisotopic (exact) mass is 621 g/mol. The van der Waals surface area contributed by atoms with Crippen LogP contribution in [0.3, 0.4) is 0 Å². The average Bonchev–Trinajstić information content (AvgIpc) is 3.19. The lowest BCUT2D eigenvalue weighted by Gasteiger charge is -2.29. The van der Waals surface area contributed by atoms with Crippen molar-refractivity contribution in [2.75, 3.05) is 13.7 Å². The zero-order valence-corrected chi connectivity index (χ0v) is 26.3. The van der Waals surface area contributed by atoms with Crippen molar-refractivity contribution in [2.24, 2.45) is 5.41 Å². The van der Waals surface area contributed by atoms with Crippen LogP contribution in [0.4, 0.5) is 22.4 Å². The summed E-state index contributed by atoms with van der Waals surface area (Å²) in [6.45, 7) is 13.0. The lowest BCUT2D eigenvalue weighted by atomic mass is 9.79. The maximum atomic E-state index is 13.4. The Labute approximate surface area is 257 Å². The molecule has 0 radical (unpaired) electrons. The maximum Gasteiger partial charge on any atom is 0.416 e. The Morgan fingerprint density at radius 2 is 1.75 bits per heavy atom. The molecule has 1 fully saturated rings. The molecule has 1 heterocycles. The summed E-state index contributed by atoms with van der Waals surface area (Å²) in [6, 6.07) is 8.20. The van der Waals surface area contributed by atoms with Crippen molar-refractivity contribution in [3.8, 4) is 5.75 Å². The van der Waals surface area contributed by atoms with Gasteiger partial charge in [0.05, 0.1) is 25.1 Å². The van der Waals surface area contributed by atoms with Gasteiger partial charge in [0.25, 0.3) is 0 Å². The number of carboxylic acids is 1. The molecule has 1 amide bonds. The minimum absolute atomic E-state index is 0.0104. The number of nitrogens with zero attached hydrogens (tertiary/aromatic N) is 1. The molecule has 2 aromatic rings. The summed E-state index contributed by atoms with van der Waals surface area (Å²) in [5, 5.41) is 9.31. The van der Waals surface area contributed by atoms with E-state index in [2.05, 4.69) is 20.4 Å². The van der Waals surface area contributed by atoms with Gasteiger partial charge in [0.1, 0.15) is 18.5 Å². The Bertz CT molecular complexity index is 1370. The van der Waals surface area contributed by atoms with Crippen molar-refractivity contribution in [1.82, 2.24) is 4.90 Å². The van der Waals surface area contributed by atoms with Crippen molar-refractivity contribution in [1.29, 1.82) is 0 Å². The molecule has 10 heteroatoms. The minimum atomic E-state index is -4.66. The summed E-state index contributed by atoms with van der Waals surface area (Å²) < 4.78 is 64.6. The van der Waals surface area contributed by atoms with E-state index in [1.165, 1.54) is 11.0 Å². The van der Waals surface area contributed by atoms with Gasteiger partial charge in [-0.2, -0.15) is 13.2 Å². The zero-order chi connectivity index (χ0) is 33.0. The summed E-state index contributed by atoms with van der Waals surface area (Å²) >= 11 is 0. The topological polar surface area (TPSA) is 76.1 Å². The number of benzene rings is 2. The summed E-state index contributed by atoms with van der Waals surface area (Å²) in [4.78, 5) is 25.6. The number of aliphatic carboxylic acids is 1. The van der Waals surface area contributed by atoms with Gasteiger partial charge in [-0.25, -0.2) is 9.18 Å². The number of amides is 1. The van der Waals surface area contributed by atoms with Gasteiger partial charge in [-0.05, 0) is 84.5 Å². The molecule has 0 aliphatic carbocycles. The average molecular weight is 622 g/mol. The predicted octanol–water partition coefficient (Wildman–Crippen LogP) is 8.81. The highest BCUT2D eigenvalue weighted by molar-refractivity contribution is 5.71. The van der Waals surface area contributed by atoms with Crippen molar-refractivity contribution in [3.63, 3.8) is 0 Å². The molecule has 0 saturated carbocycles. The molecule has 1 aliphatic rings. The van der Waals surface area contributed by atoms with Crippen molar-refractivity contribution >= 4 is 12.1 Å². The Balaban J connectivity index is 1.63. The quantitative estimate of drug-likeness (QED) is 0.169. The van der Waals surface area contributed by atoms with Gasteiger partial charge in [-0.1, -0.05) is 52.0 Å². The Kier molecular flexibility index (Phi) is 10.8. The SMILES string of the molecule is C=C(CN1C(=O)O[C@H](c2cc(CF)cc(C(F)(F)F)c2)[C@@H]1C)CC(C)(C)CCCc1cc(C(C)(C)CC(=O)O)ccc1OC. The van der Waals surface area contributed by atoms with Crippen LogP contribution in [0, 0.1) is 5.41 Å². The molecule has 2 aromatic carbocycles. The second-order valence-corrected chi connectivity index (χ2v) is 13.2. The number of alkyl halides is 4.